The minimum Gasteiger partial charge on any atom is -0.492 e. The number of ether oxygens (including phenoxy) is 1. The first-order valence-corrected chi connectivity index (χ1v) is 5.11. The maximum Gasteiger partial charge on any atom is 0.305 e. The number of carboxylic acids is 1. The molecular weight excluding hydrogens is 232 g/mol. The second-order valence-corrected chi connectivity index (χ2v) is 3.86. The lowest BCUT2D eigenvalue weighted by molar-refractivity contribution is -0.137. The van der Waals surface area contributed by atoms with E-state index < -0.39 is 30.1 Å². The van der Waals surface area contributed by atoms with Gasteiger partial charge in [-0.3, -0.25) is 4.79 Å². The van der Waals surface area contributed by atoms with Gasteiger partial charge in [-0.1, -0.05) is 0 Å². The summed E-state index contributed by atoms with van der Waals surface area (Å²) < 4.78 is 32.1. The van der Waals surface area contributed by atoms with Gasteiger partial charge in [0.2, 0.25) is 0 Å². The smallest absolute Gasteiger partial charge is 0.305 e. The minimum atomic E-state index is -1.15. The Morgan fingerprint density at radius 2 is 2.24 bits per heavy atom. The van der Waals surface area contributed by atoms with Gasteiger partial charge in [-0.15, -0.1) is 0 Å². The average molecular weight is 243 g/mol. The quantitative estimate of drug-likeness (QED) is 0.841. The third-order valence-electron chi connectivity index (χ3n) is 2.68. The van der Waals surface area contributed by atoms with Crippen LogP contribution in [0.4, 0.5) is 8.78 Å². The Morgan fingerprint density at radius 1 is 1.53 bits per heavy atom. The van der Waals surface area contributed by atoms with Crippen molar-refractivity contribution in [3.8, 4) is 5.75 Å². The van der Waals surface area contributed by atoms with Crippen LogP contribution in [-0.4, -0.2) is 17.7 Å². The lowest BCUT2D eigenvalue weighted by atomic mass is 9.99. The molecule has 0 spiro atoms. The number of hydrogen-bond acceptors (Lipinski definition) is 3. The molecular formula is C11H11F2NO3. The van der Waals surface area contributed by atoms with Gasteiger partial charge in [0.15, 0.2) is 0 Å². The van der Waals surface area contributed by atoms with Crippen LogP contribution in [0.25, 0.3) is 0 Å². The van der Waals surface area contributed by atoms with Gasteiger partial charge < -0.3 is 15.6 Å². The number of carbonyl (C=O) groups is 1. The molecule has 1 aromatic carbocycles. The molecule has 1 heterocycles. The number of fused-ring (bicyclic) bond motifs is 1. The van der Waals surface area contributed by atoms with E-state index in [1.807, 2.05) is 0 Å². The molecule has 1 aliphatic rings. The molecule has 1 atom stereocenters. The summed E-state index contributed by atoms with van der Waals surface area (Å²) in [6.45, 7) is 0.252. The van der Waals surface area contributed by atoms with Gasteiger partial charge in [0.25, 0.3) is 0 Å². The number of hydrogen-bond donors (Lipinski definition) is 2. The van der Waals surface area contributed by atoms with Gasteiger partial charge in [0, 0.05) is 29.7 Å². The summed E-state index contributed by atoms with van der Waals surface area (Å²) in [4.78, 5) is 10.5. The molecule has 0 bridgehead atoms. The Bertz CT molecular complexity index is 476. The Labute approximate surface area is 96.0 Å². The van der Waals surface area contributed by atoms with Crippen molar-refractivity contribution in [2.45, 2.75) is 18.9 Å². The molecule has 92 valence electrons. The lowest BCUT2D eigenvalue weighted by Crippen LogP contribution is -2.17. The Balaban J connectivity index is 2.47. The van der Waals surface area contributed by atoms with E-state index in [4.69, 9.17) is 15.6 Å². The standard InChI is InChI=1S/C11H11F2NO3/c12-6-3-7(13)10(8(14)4-9(15)16)11-5(6)1-2-17-11/h3,8H,1-2,4,14H2,(H,15,16). The number of benzene rings is 1. The van der Waals surface area contributed by atoms with Crippen LogP contribution >= 0.6 is 0 Å². The molecule has 1 aromatic rings. The zero-order chi connectivity index (χ0) is 12.6. The van der Waals surface area contributed by atoms with Crippen molar-refractivity contribution < 1.29 is 23.4 Å². The molecule has 4 nitrogen and oxygen atoms in total. The van der Waals surface area contributed by atoms with E-state index in [0.717, 1.165) is 6.07 Å². The molecule has 1 aliphatic heterocycles. The summed E-state index contributed by atoms with van der Waals surface area (Å²) in [5, 5.41) is 8.62. The topological polar surface area (TPSA) is 72.6 Å². The van der Waals surface area contributed by atoms with E-state index in [2.05, 4.69) is 0 Å². The van der Waals surface area contributed by atoms with Crippen LogP contribution in [0.2, 0.25) is 0 Å². The normalized spacial score (nSPS) is 15.2. The molecule has 0 aliphatic carbocycles. The SMILES string of the molecule is NC(CC(=O)O)c1c(F)cc(F)c2c1OCC2. The summed E-state index contributed by atoms with van der Waals surface area (Å²) in [5.74, 6) is -2.62. The van der Waals surface area contributed by atoms with Crippen LogP contribution in [-0.2, 0) is 11.2 Å². The lowest BCUT2D eigenvalue weighted by Gasteiger charge is -2.15. The number of halogens is 2. The van der Waals surface area contributed by atoms with Crippen molar-refractivity contribution in [3.63, 3.8) is 0 Å². The molecule has 17 heavy (non-hydrogen) atoms. The van der Waals surface area contributed by atoms with Crippen LogP contribution in [0.1, 0.15) is 23.6 Å². The second-order valence-electron chi connectivity index (χ2n) is 3.86. The molecule has 6 heteroatoms. The van der Waals surface area contributed by atoms with Crippen LogP contribution in [0, 0.1) is 11.6 Å². The maximum absolute atomic E-state index is 13.6. The van der Waals surface area contributed by atoms with E-state index in [0.29, 0.717) is 6.42 Å². The summed E-state index contributed by atoms with van der Waals surface area (Å²) in [5.41, 5.74) is 5.81. The van der Waals surface area contributed by atoms with Crippen molar-refractivity contribution in [2.75, 3.05) is 6.61 Å². The molecule has 3 N–H and O–H groups in total. The molecule has 1 unspecified atom stereocenters. The monoisotopic (exact) mass is 243 g/mol. The Kier molecular flexibility index (Phi) is 2.97. The molecule has 0 amide bonds. The van der Waals surface area contributed by atoms with E-state index in [1.165, 1.54) is 0 Å². The summed E-state index contributed by atoms with van der Waals surface area (Å²) in [6.07, 6.45) is -0.0907. The third-order valence-corrected chi connectivity index (χ3v) is 2.68. The zero-order valence-electron chi connectivity index (χ0n) is 8.87. The predicted molar refractivity (Wildman–Crippen MR) is 54.7 cm³/mol. The van der Waals surface area contributed by atoms with E-state index in [-0.39, 0.29) is 23.5 Å². The number of rotatable bonds is 3. The van der Waals surface area contributed by atoms with Crippen molar-refractivity contribution >= 4 is 5.97 Å². The first kappa shape index (κ1) is 11.8. The fraction of sp³-hybridized carbons (Fsp3) is 0.364. The number of aliphatic carboxylic acids is 1. The zero-order valence-corrected chi connectivity index (χ0v) is 8.87. The highest BCUT2D eigenvalue weighted by Crippen LogP contribution is 2.37. The van der Waals surface area contributed by atoms with Crippen molar-refractivity contribution in [1.82, 2.24) is 0 Å². The predicted octanol–water partition coefficient (Wildman–Crippen LogP) is 1.37. The summed E-state index contributed by atoms with van der Waals surface area (Å²) in [6, 6.07) is -0.315. The highest BCUT2D eigenvalue weighted by Gasteiger charge is 2.28. The van der Waals surface area contributed by atoms with Crippen LogP contribution in [0.15, 0.2) is 6.07 Å². The molecule has 0 saturated heterocycles. The number of nitrogens with two attached hydrogens (primary N) is 1. The van der Waals surface area contributed by atoms with Gasteiger partial charge in [-0.05, 0) is 0 Å². The van der Waals surface area contributed by atoms with Gasteiger partial charge in [0.05, 0.1) is 13.0 Å². The van der Waals surface area contributed by atoms with E-state index in [1.54, 1.807) is 0 Å². The van der Waals surface area contributed by atoms with Gasteiger partial charge >= 0.3 is 5.97 Å². The largest absolute Gasteiger partial charge is 0.492 e. The number of carboxylic acid groups (broad SMARTS) is 1. The molecule has 0 aromatic heterocycles. The first-order chi connectivity index (χ1) is 8.00. The fourth-order valence-corrected chi connectivity index (χ4v) is 1.94. The average Bonchev–Trinajstić information content (AvgIpc) is 2.64. The first-order valence-electron chi connectivity index (χ1n) is 5.11. The Hall–Kier alpha value is -1.69. The van der Waals surface area contributed by atoms with Crippen molar-refractivity contribution in [1.29, 1.82) is 0 Å². The molecule has 0 saturated carbocycles. The fourth-order valence-electron chi connectivity index (χ4n) is 1.94. The molecule has 0 radical (unpaired) electrons. The van der Waals surface area contributed by atoms with Crippen LogP contribution < -0.4 is 10.5 Å². The van der Waals surface area contributed by atoms with Crippen molar-refractivity contribution in [2.24, 2.45) is 5.73 Å². The Morgan fingerprint density at radius 3 is 2.88 bits per heavy atom. The van der Waals surface area contributed by atoms with Gasteiger partial charge in [0.1, 0.15) is 17.4 Å². The molecule has 0 fully saturated rings. The molecule has 2 rings (SSSR count). The van der Waals surface area contributed by atoms with E-state index in [9.17, 15) is 13.6 Å². The minimum absolute atomic E-state index is 0.0544. The van der Waals surface area contributed by atoms with Crippen LogP contribution in [0.3, 0.4) is 0 Å². The highest BCUT2D eigenvalue weighted by molar-refractivity contribution is 5.68. The summed E-state index contributed by atoms with van der Waals surface area (Å²) >= 11 is 0. The van der Waals surface area contributed by atoms with Crippen LogP contribution in [0.5, 0.6) is 5.75 Å². The van der Waals surface area contributed by atoms with Gasteiger partial charge in [-0.25, -0.2) is 8.78 Å². The third kappa shape index (κ3) is 2.08. The maximum atomic E-state index is 13.6. The van der Waals surface area contributed by atoms with E-state index >= 15 is 0 Å². The second kappa shape index (κ2) is 4.29. The van der Waals surface area contributed by atoms with Crippen molar-refractivity contribution in [3.05, 3.63) is 28.8 Å². The summed E-state index contributed by atoms with van der Waals surface area (Å²) in [7, 11) is 0. The van der Waals surface area contributed by atoms with Gasteiger partial charge in [-0.2, -0.15) is 0 Å². The highest BCUT2D eigenvalue weighted by atomic mass is 19.1.